The van der Waals surface area contributed by atoms with Gasteiger partial charge in [-0.1, -0.05) is 30.4 Å². The van der Waals surface area contributed by atoms with Crippen molar-refractivity contribution in [3.8, 4) is 0 Å². The van der Waals surface area contributed by atoms with Gasteiger partial charge in [0, 0.05) is 38.0 Å². The van der Waals surface area contributed by atoms with E-state index in [1.165, 1.54) is 5.57 Å². The van der Waals surface area contributed by atoms with Crippen molar-refractivity contribution in [1.29, 1.82) is 0 Å². The number of benzene rings is 1. The Morgan fingerprint density at radius 2 is 2.03 bits per heavy atom. The van der Waals surface area contributed by atoms with Crippen LogP contribution in [-0.2, 0) is 4.79 Å². The van der Waals surface area contributed by atoms with E-state index < -0.39 is 0 Å². The Morgan fingerprint density at radius 3 is 2.87 bits per heavy atom. The monoisotopic (exact) mass is 397 g/mol. The smallest absolute Gasteiger partial charge is 0.255 e. The average Bonchev–Trinajstić information content (AvgIpc) is 3.11. The van der Waals surface area contributed by atoms with Gasteiger partial charge in [0.2, 0.25) is 0 Å². The summed E-state index contributed by atoms with van der Waals surface area (Å²) in [6.45, 7) is 3.80. The van der Waals surface area contributed by atoms with E-state index in [4.69, 9.17) is 4.42 Å². The first-order valence-electron chi connectivity index (χ1n) is 10.2. The van der Waals surface area contributed by atoms with Crippen LogP contribution in [0.1, 0.15) is 17.9 Å². The number of carbonyl (C=O) groups excluding carboxylic acids is 1. The molecule has 1 aromatic heterocycles. The Balaban J connectivity index is 1.49. The van der Waals surface area contributed by atoms with Gasteiger partial charge in [-0.15, -0.1) is 0 Å². The predicted octanol–water partition coefficient (Wildman–Crippen LogP) is 4.52. The second kappa shape index (κ2) is 7.43. The van der Waals surface area contributed by atoms with Crippen LogP contribution in [0.25, 0.3) is 16.7 Å². The van der Waals surface area contributed by atoms with Gasteiger partial charge in [0.1, 0.15) is 5.52 Å². The third-order valence-corrected chi connectivity index (χ3v) is 5.65. The Hall–Kier alpha value is -3.44. The van der Waals surface area contributed by atoms with Crippen LogP contribution in [0.2, 0.25) is 0 Å². The predicted molar refractivity (Wildman–Crippen MR) is 118 cm³/mol. The molecule has 0 unspecified atom stereocenters. The lowest BCUT2D eigenvalue weighted by Crippen LogP contribution is -2.27. The lowest BCUT2D eigenvalue weighted by atomic mass is 9.97. The number of oxazole rings is 1. The second-order valence-corrected chi connectivity index (χ2v) is 7.83. The molecule has 4 heterocycles. The SMILES string of the molecule is Cc1nc2ccc(C3=CC(=O)N4C=C(C5=CCN(C)CC5)C=C/C4=C\C=C3)cc2o1. The van der Waals surface area contributed by atoms with E-state index in [2.05, 4.69) is 29.1 Å². The maximum atomic E-state index is 13.2. The molecule has 2 aromatic rings. The van der Waals surface area contributed by atoms with Gasteiger partial charge in [-0.3, -0.25) is 9.69 Å². The number of nitrogens with zero attached hydrogens (tertiary/aromatic N) is 3. The van der Waals surface area contributed by atoms with E-state index in [0.29, 0.717) is 5.89 Å². The number of aromatic nitrogens is 1. The highest BCUT2D eigenvalue weighted by Crippen LogP contribution is 2.29. The topological polar surface area (TPSA) is 49.6 Å². The standard InChI is InChI=1S/C25H23N3O2/c1-17-26-23-9-7-20(14-24(23)30-17)19-4-3-5-22-8-6-21(16-28(22)25(29)15-19)18-10-12-27(2)13-11-18/h3-10,14-16H,11-13H2,1-2H3/b4-3?,19-15?,22-5+. The minimum absolute atomic E-state index is 0.0650. The van der Waals surface area contributed by atoms with Crippen molar-refractivity contribution in [2.24, 2.45) is 0 Å². The summed E-state index contributed by atoms with van der Waals surface area (Å²) in [6, 6.07) is 5.83. The normalized spacial score (nSPS) is 21.4. The molecule has 0 N–H and O–H groups in total. The molecule has 0 spiro atoms. The lowest BCUT2D eigenvalue weighted by molar-refractivity contribution is -0.122. The largest absolute Gasteiger partial charge is 0.441 e. The van der Waals surface area contributed by atoms with Crippen molar-refractivity contribution < 1.29 is 9.21 Å². The number of amides is 1. The molecule has 1 amide bonds. The van der Waals surface area contributed by atoms with Crippen LogP contribution in [0.15, 0.2) is 88.2 Å². The van der Waals surface area contributed by atoms with E-state index >= 15 is 0 Å². The Kier molecular flexibility index (Phi) is 4.60. The summed E-state index contributed by atoms with van der Waals surface area (Å²) in [5.41, 5.74) is 6.58. The van der Waals surface area contributed by atoms with Crippen LogP contribution in [0, 0.1) is 6.92 Å². The van der Waals surface area contributed by atoms with E-state index in [-0.39, 0.29) is 5.91 Å². The minimum Gasteiger partial charge on any atom is -0.441 e. The number of likely N-dealkylation sites (N-methyl/N-ethyl adjacent to an activating group) is 1. The highest BCUT2D eigenvalue weighted by Gasteiger charge is 2.21. The number of aryl methyl sites for hydroxylation is 1. The summed E-state index contributed by atoms with van der Waals surface area (Å²) in [4.78, 5) is 21.5. The molecule has 3 aliphatic heterocycles. The van der Waals surface area contributed by atoms with Crippen molar-refractivity contribution >= 4 is 22.6 Å². The second-order valence-electron chi connectivity index (χ2n) is 7.83. The summed E-state index contributed by atoms with van der Waals surface area (Å²) in [5, 5.41) is 0. The van der Waals surface area contributed by atoms with Crippen molar-refractivity contribution in [1.82, 2.24) is 14.8 Å². The highest BCUT2D eigenvalue weighted by atomic mass is 16.3. The summed E-state index contributed by atoms with van der Waals surface area (Å²) in [5.74, 6) is 0.568. The van der Waals surface area contributed by atoms with Gasteiger partial charge in [-0.05, 0) is 60.0 Å². The Morgan fingerprint density at radius 1 is 1.13 bits per heavy atom. The van der Waals surface area contributed by atoms with Crippen LogP contribution in [0.5, 0.6) is 0 Å². The molecule has 0 aliphatic carbocycles. The van der Waals surface area contributed by atoms with Gasteiger partial charge in [0.25, 0.3) is 5.91 Å². The molecule has 0 saturated carbocycles. The molecule has 1 aromatic carbocycles. The molecule has 5 heteroatoms. The van der Waals surface area contributed by atoms with E-state index in [1.807, 2.05) is 55.6 Å². The zero-order chi connectivity index (χ0) is 20.7. The van der Waals surface area contributed by atoms with Crippen LogP contribution < -0.4 is 0 Å². The molecule has 30 heavy (non-hydrogen) atoms. The molecule has 5 nitrogen and oxygen atoms in total. The van der Waals surface area contributed by atoms with Crippen LogP contribution >= 0.6 is 0 Å². The number of allylic oxidation sites excluding steroid dienone is 7. The van der Waals surface area contributed by atoms with Crippen molar-refractivity contribution in [3.63, 3.8) is 0 Å². The molecule has 0 saturated heterocycles. The van der Waals surface area contributed by atoms with Crippen LogP contribution in [0.3, 0.4) is 0 Å². The zero-order valence-electron chi connectivity index (χ0n) is 17.1. The Bertz CT molecular complexity index is 1220. The third kappa shape index (κ3) is 3.48. The maximum absolute atomic E-state index is 13.2. The van der Waals surface area contributed by atoms with Crippen molar-refractivity contribution in [3.05, 3.63) is 95.2 Å². The van der Waals surface area contributed by atoms with Gasteiger partial charge >= 0.3 is 0 Å². The summed E-state index contributed by atoms with van der Waals surface area (Å²) in [6.07, 6.45) is 16.9. The quantitative estimate of drug-likeness (QED) is 0.748. The van der Waals surface area contributed by atoms with Crippen molar-refractivity contribution in [2.45, 2.75) is 13.3 Å². The summed E-state index contributed by atoms with van der Waals surface area (Å²) >= 11 is 0. The van der Waals surface area contributed by atoms with Gasteiger partial charge in [-0.25, -0.2) is 4.98 Å². The van der Waals surface area contributed by atoms with Gasteiger partial charge < -0.3 is 9.32 Å². The first kappa shape index (κ1) is 18.6. The van der Waals surface area contributed by atoms with Crippen LogP contribution in [-0.4, -0.2) is 40.8 Å². The molecule has 5 rings (SSSR count). The first-order chi connectivity index (χ1) is 14.6. The van der Waals surface area contributed by atoms with Crippen molar-refractivity contribution in [2.75, 3.05) is 20.1 Å². The molecule has 0 atom stereocenters. The first-order valence-corrected chi connectivity index (χ1v) is 10.2. The van der Waals surface area contributed by atoms with Gasteiger partial charge in [-0.2, -0.15) is 0 Å². The fourth-order valence-corrected chi connectivity index (χ4v) is 3.96. The van der Waals surface area contributed by atoms with E-state index in [9.17, 15) is 4.79 Å². The lowest BCUT2D eigenvalue weighted by Gasteiger charge is -2.27. The van der Waals surface area contributed by atoms with Gasteiger partial charge in [0.05, 0.1) is 0 Å². The maximum Gasteiger partial charge on any atom is 0.255 e. The number of hydrogen-bond donors (Lipinski definition) is 0. The van der Waals surface area contributed by atoms with E-state index in [0.717, 1.165) is 53.0 Å². The molecule has 0 radical (unpaired) electrons. The third-order valence-electron chi connectivity index (χ3n) is 5.65. The summed E-state index contributed by atoms with van der Waals surface area (Å²) in [7, 11) is 2.12. The number of hydrogen-bond acceptors (Lipinski definition) is 4. The molecule has 0 bridgehead atoms. The molecule has 3 aliphatic rings. The number of carbonyl (C=O) groups is 1. The van der Waals surface area contributed by atoms with Crippen LogP contribution in [0.4, 0.5) is 0 Å². The molecular weight excluding hydrogens is 374 g/mol. The van der Waals surface area contributed by atoms with E-state index in [1.54, 1.807) is 11.0 Å². The molecule has 150 valence electrons. The fourth-order valence-electron chi connectivity index (χ4n) is 3.96. The zero-order valence-corrected chi connectivity index (χ0v) is 17.1. The summed E-state index contributed by atoms with van der Waals surface area (Å²) < 4.78 is 5.66. The Labute approximate surface area is 175 Å². The van der Waals surface area contributed by atoms with Gasteiger partial charge in [0.15, 0.2) is 11.5 Å². The molecule has 0 fully saturated rings. The molecular formula is C25H23N3O2. The number of rotatable bonds is 2. The fraction of sp³-hybridized carbons (Fsp3) is 0.200. The number of fused-ring (bicyclic) bond motifs is 2. The minimum atomic E-state index is -0.0650. The average molecular weight is 397 g/mol. The highest BCUT2D eigenvalue weighted by molar-refractivity contribution is 6.00.